The van der Waals surface area contributed by atoms with E-state index in [9.17, 15) is 9.59 Å². The Hall–Kier alpha value is -2.12. The molecule has 1 aromatic carbocycles. The number of nitrogens with two attached hydrogens (primary N) is 1. The van der Waals surface area contributed by atoms with Crippen LogP contribution in [0.5, 0.6) is 0 Å². The SMILES string of the molecule is NC1CC2C(=O)NCC(CCC(=O)N3CCN(c4ccccc4)CC3)N2C1. The zero-order valence-corrected chi connectivity index (χ0v) is 15.7. The van der Waals surface area contributed by atoms with Crippen molar-refractivity contribution in [3.8, 4) is 0 Å². The fraction of sp³-hybridized carbons (Fsp3) is 0.600. The van der Waals surface area contributed by atoms with Crippen molar-refractivity contribution < 1.29 is 9.59 Å². The number of hydrogen-bond donors (Lipinski definition) is 2. The van der Waals surface area contributed by atoms with Crippen LogP contribution in [0, 0.1) is 0 Å². The van der Waals surface area contributed by atoms with E-state index in [0.717, 1.165) is 45.6 Å². The van der Waals surface area contributed by atoms with E-state index in [1.165, 1.54) is 5.69 Å². The van der Waals surface area contributed by atoms with Crippen molar-refractivity contribution >= 4 is 17.5 Å². The lowest BCUT2D eigenvalue weighted by molar-refractivity contribution is -0.132. The van der Waals surface area contributed by atoms with Gasteiger partial charge in [0.25, 0.3) is 0 Å². The molecule has 0 aromatic heterocycles. The summed E-state index contributed by atoms with van der Waals surface area (Å²) in [5, 5.41) is 2.98. The van der Waals surface area contributed by atoms with Gasteiger partial charge < -0.3 is 20.9 Å². The van der Waals surface area contributed by atoms with Gasteiger partial charge in [0.15, 0.2) is 0 Å². The number of carbonyl (C=O) groups is 2. The minimum absolute atomic E-state index is 0.0584. The molecule has 3 aliphatic rings. The summed E-state index contributed by atoms with van der Waals surface area (Å²) in [5.41, 5.74) is 7.27. The van der Waals surface area contributed by atoms with Crippen molar-refractivity contribution in [3.05, 3.63) is 30.3 Å². The molecule has 3 N–H and O–H groups in total. The van der Waals surface area contributed by atoms with Crippen LogP contribution in [-0.2, 0) is 9.59 Å². The summed E-state index contributed by atoms with van der Waals surface area (Å²) in [5.74, 6) is 0.308. The molecule has 3 heterocycles. The predicted octanol–water partition coefficient (Wildman–Crippen LogP) is 0.0154. The number of amides is 2. The van der Waals surface area contributed by atoms with Gasteiger partial charge in [-0.05, 0) is 25.0 Å². The Balaban J connectivity index is 1.26. The molecule has 3 saturated heterocycles. The molecule has 27 heavy (non-hydrogen) atoms. The quantitative estimate of drug-likeness (QED) is 0.780. The average Bonchev–Trinajstić information content (AvgIpc) is 3.11. The molecule has 0 bridgehead atoms. The maximum Gasteiger partial charge on any atom is 0.237 e. The first-order chi connectivity index (χ1) is 13.1. The van der Waals surface area contributed by atoms with Crippen LogP contribution < -0.4 is 16.0 Å². The summed E-state index contributed by atoms with van der Waals surface area (Å²) >= 11 is 0. The molecule has 1 aromatic rings. The first-order valence-electron chi connectivity index (χ1n) is 9.98. The second kappa shape index (κ2) is 7.86. The number of fused-ring (bicyclic) bond motifs is 1. The van der Waals surface area contributed by atoms with E-state index in [2.05, 4.69) is 27.2 Å². The third-order valence-corrected chi connectivity index (χ3v) is 6.10. The van der Waals surface area contributed by atoms with Crippen molar-refractivity contribution in [2.24, 2.45) is 5.73 Å². The van der Waals surface area contributed by atoms with Crippen LogP contribution in [0.4, 0.5) is 5.69 Å². The van der Waals surface area contributed by atoms with Crippen LogP contribution in [-0.4, -0.2) is 79.0 Å². The largest absolute Gasteiger partial charge is 0.368 e. The molecular formula is C20H29N5O2. The highest BCUT2D eigenvalue weighted by atomic mass is 16.2. The van der Waals surface area contributed by atoms with Gasteiger partial charge in [0.1, 0.15) is 0 Å². The maximum atomic E-state index is 12.7. The fourth-order valence-electron chi connectivity index (χ4n) is 4.58. The molecule has 2 amide bonds. The second-order valence-electron chi connectivity index (χ2n) is 7.85. The zero-order valence-electron chi connectivity index (χ0n) is 15.7. The summed E-state index contributed by atoms with van der Waals surface area (Å²) in [6.45, 7) is 4.67. The Morgan fingerprint density at radius 3 is 2.63 bits per heavy atom. The lowest BCUT2D eigenvalue weighted by Gasteiger charge is -2.38. The highest BCUT2D eigenvalue weighted by molar-refractivity contribution is 5.83. The van der Waals surface area contributed by atoms with Crippen LogP contribution in [0.15, 0.2) is 30.3 Å². The van der Waals surface area contributed by atoms with Gasteiger partial charge in [0.05, 0.1) is 6.04 Å². The molecule has 3 atom stereocenters. The normalized spacial score (nSPS) is 28.8. The lowest BCUT2D eigenvalue weighted by atomic mass is 10.0. The number of rotatable bonds is 4. The summed E-state index contributed by atoms with van der Waals surface area (Å²) < 4.78 is 0. The highest BCUT2D eigenvalue weighted by Gasteiger charge is 2.42. The maximum absolute atomic E-state index is 12.7. The van der Waals surface area contributed by atoms with Gasteiger partial charge in [-0.2, -0.15) is 0 Å². The standard InChI is InChI=1S/C20H29N5O2/c21-15-12-18-20(27)22-13-17(25(18)14-15)6-7-19(26)24-10-8-23(9-11-24)16-4-2-1-3-5-16/h1-5,15,17-18H,6-14,21H2,(H,22,27). The Morgan fingerprint density at radius 1 is 1.15 bits per heavy atom. The Bertz CT molecular complexity index is 674. The number of piperazine rings is 2. The Morgan fingerprint density at radius 2 is 1.89 bits per heavy atom. The van der Waals surface area contributed by atoms with Crippen molar-refractivity contribution in [1.82, 2.24) is 15.1 Å². The molecule has 3 aliphatic heterocycles. The molecule has 4 rings (SSSR count). The predicted molar refractivity (Wildman–Crippen MR) is 104 cm³/mol. The second-order valence-corrected chi connectivity index (χ2v) is 7.85. The minimum atomic E-state index is -0.108. The first kappa shape index (κ1) is 18.3. The molecule has 3 unspecified atom stereocenters. The number of para-hydroxylation sites is 1. The van der Waals surface area contributed by atoms with Crippen LogP contribution >= 0.6 is 0 Å². The molecule has 3 fully saturated rings. The van der Waals surface area contributed by atoms with E-state index in [1.807, 2.05) is 23.1 Å². The fourth-order valence-corrected chi connectivity index (χ4v) is 4.58. The van der Waals surface area contributed by atoms with E-state index < -0.39 is 0 Å². The van der Waals surface area contributed by atoms with E-state index >= 15 is 0 Å². The van der Waals surface area contributed by atoms with Gasteiger partial charge in [0.2, 0.25) is 11.8 Å². The molecular weight excluding hydrogens is 342 g/mol. The molecule has 0 aliphatic carbocycles. The molecule has 7 heteroatoms. The number of carbonyl (C=O) groups excluding carboxylic acids is 2. The van der Waals surface area contributed by atoms with E-state index in [4.69, 9.17) is 5.73 Å². The molecule has 0 radical (unpaired) electrons. The summed E-state index contributed by atoms with van der Waals surface area (Å²) in [4.78, 5) is 31.2. The van der Waals surface area contributed by atoms with Crippen LogP contribution in [0.3, 0.4) is 0 Å². The third-order valence-electron chi connectivity index (χ3n) is 6.10. The lowest BCUT2D eigenvalue weighted by Crippen LogP contribution is -2.58. The van der Waals surface area contributed by atoms with Crippen molar-refractivity contribution in [1.29, 1.82) is 0 Å². The third kappa shape index (κ3) is 3.94. The van der Waals surface area contributed by atoms with Gasteiger partial charge in [-0.25, -0.2) is 0 Å². The van der Waals surface area contributed by atoms with Crippen molar-refractivity contribution in [2.75, 3.05) is 44.2 Å². The summed E-state index contributed by atoms with van der Waals surface area (Å²) in [6, 6.07) is 10.5. The van der Waals surface area contributed by atoms with E-state index in [-0.39, 0.29) is 29.9 Å². The van der Waals surface area contributed by atoms with Crippen LogP contribution in [0.25, 0.3) is 0 Å². The Kier molecular flexibility index (Phi) is 5.31. The van der Waals surface area contributed by atoms with Crippen molar-refractivity contribution in [3.63, 3.8) is 0 Å². The van der Waals surface area contributed by atoms with Gasteiger partial charge in [-0.3, -0.25) is 14.5 Å². The average molecular weight is 371 g/mol. The molecule has 7 nitrogen and oxygen atoms in total. The zero-order chi connectivity index (χ0) is 18.8. The number of nitrogens with one attached hydrogen (secondary N) is 1. The van der Waals surface area contributed by atoms with Crippen molar-refractivity contribution in [2.45, 2.75) is 37.4 Å². The molecule has 146 valence electrons. The molecule has 0 saturated carbocycles. The number of nitrogens with zero attached hydrogens (tertiary/aromatic N) is 3. The summed E-state index contributed by atoms with van der Waals surface area (Å²) in [6.07, 6.45) is 2.03. The number of hydrogen-bond acceptors (Lipinski definition) is 5. The Labute approximate surface area is 160 Å². The van der Waals surface area contributed by atoms with Crippen LogP contribution in [0.2, 0.25) is 0 Å². The van der Waals surface area contributed by atoms with Crippen LogP contribution in [0.1, 0.15) is 19.3 Å². The number of anilines is 1. The van der Waals surface area contributed by atoms with Gasteiger partial charge in [-0.15, -0.1) is 0 Å². The smallest absolute Gasteiger partial charge is 0.237 e. The van der Waals surface area contributed by atoms with Gasteiger partial charge in [0, 0.05) is 63.5 Å². The number of benzene rings is 1. The van der Waals surface area contributed by atoms with Gasteiger partial charge >= 0.3 is 0 Å². The minimum Gasteiger partial charge on any atom is -0.368 e. The van der Waals surface area contributed by atoms with Gasteiger partial charge in [-0.1, -0.05) is 18.2 Å². The topological polar surface area (TPSA) is 81.9 Å². The van der Waals surface area contributed by atoms with E-state index in [0.29, 0.717) is 13.0 Å². The monoisotopic (exact) mass is 371 g/mol. The highest BCUT2D eigenvalue weighted by Crippen LogP contribution is 2.25. The molecule has 0 spiro atoms. The van der Waals surface area contributed by atoms with E-state index in [1.54, 1.807) is 0 Å². The first-order valence-corrected chi connectivity index (χ1v) is 9.98. The summed E-state index contributed by atoms with van der Waals surface area (Å²) in [7, 11) is 0.